The van der Waals surface area contributed by atoms with Crippen LogP contribution in [-0.4, -0.2) is 45.6 Å². The minimum Gasteiger partial charge on any atom is -0.343 e. The monoisotopic (exact) mass is 419 g/mol. The highest BCUT2D eigenvalue weighted by Gasteiger charge is 2.54. The van der Waals surface area contributed by atoms with E-state index in [1.54, 1.807) is 24.5 Å². The summed E-state index contributed by atoms with van der Waals surface area (Å²) in [6.45, 7) is 0.196. The van der Waals surface area contributed by atoms with Crippen molar-refractivity contribution in [1.29, 1.82) is 0 Å². The Morgan fingerprint density at radius 3 is 2.42 bits per heavy atom. The van der Waals surface area contributed by atoms with Gasteiger partial charge in [0.05, 0.1) is 12.0 Å². The third-order valence-corrected chi connectivity index (χ3v) is 6.79. The number of imide groups is 1. The number of amides is 3. The van der Waals surface area contributed by atoms with Gasteiger partial charge in [-0.2, -0.15) is 0 Å². The number of benzene rings is 1. The van der Waals surface area contributed by atoms with Gasteiger partial charge in [0.25, 0.3) is 0 Å². The molecule has 0 radical (unpaired) electrons. The number of pyridine rings is 1. The van der Waals surface area contributed by atoms with Gasteiger partial charge in [-0.1, -0.05) is 49.6 Å². The zero-order chi connectivity index (χ0) is 21.8. The van der Waals surface area contributed by atoms with Crippen LogP contribution in [0.1, 0.15) is 56.1 Å². The molecule has 1 aliphatic carbocycles. The fourth-order valence-electron chi connectivity index (χ4n) is 4.91. The average Bonchev–Trinajstić information content (AvgIpc) is 3.05. The van der Waals surface area contributed by atoms with Crippen molar-refractivity contribution < 1.29 is 14.4 Å². The number of rotatable bonds is 6. The van der Waals surface area contributed by atoms with Crippen molar-refractivity contribution >= 4 is 17.7 Å². The average molecular weight is 420 g/mol. The first-order valence-electron chi connectivity index (χ1n) is 11.1. The third-order valence-electron chi connectivity index (χ3n) is 6.79. The second kappa shape index (κ2) is 9.00. The maximum Gasteiger partial charge on any atom is 0.241 e. The van der Waals surface area contributed by atoms with Gasteiger partial charge in [0, 0.05) is 38.3 Å². The van der Waals surface area contributed by atoms with E-state index in [1.165, 1.54) is 11.3 Å². The maximum atomic E-state index is 13.7. The van der Waals surface area contributed by atoms with Crippen molar-refractivity contribution in [3.8, 4) is 0 Å². The molecule has 31 heavy (non-hydrogen) atoms. The zero-order valence-corrected chi connectivity index (χ0v) is 18.0. The summed E-state index contributed by atoms with van der Waals surface area (Å²) in [7, 11) is 1.84. The molecule has 1 saturated carbocycles. The van der Waals surface area contributed by atoms with Gasteiger partial charge in [0.15, 0.2) is 0 Å². The van der Waals surface area contributed by atoms with E-state index < -0.39 is 5.41 Å². The molecule has 1 aromatic carbocycles. The van der Waals surface area contributed by atoms with E-state index in [0.717, 1.165) is 36.8 Å². The summed E-state index contributed by atoms with van der Waals surface area (Å²) in [6, 6.07) is 13.1. The molecular weight excluding hydrogens is 390 g/mol. The molecule has 0 spiro atoms. The molecule has 1 aliphatic heterocycles. The molecule has 0 bridgehead atoms. The van der Waals surface area contributed by atoms with E-state index in [4.69, 9.17) is 0 Å². The Labute approximate surface area is 183 Å². The minimum absolute atomic E-state index is 0.0153. The topological polar surface area (TPSA) is 70.6 Å². The van der Waals surface area contributed by atoms with Crippen LogP contribution in [0.25, 0.3) is 0 Å². The number of hydrogen-bond acceptors (Lipinski definition) is 4. The van der Waals surface area contributed by atoms with Crippen LogP contribution in [0.15, 0.2) is 54.9 Å². The summed E-state index contributed by atoms with van der Waals surface area (Å²) in [5, 5.41) is 0. The lowest BCUT2D eigenvalue weighted by atomic mass is 9.75. The molecule has 4 rings (SSSR count). The maximum absolute atomic E-state index is 13.7. The van der Waals surface area contributed by atoms with Crippen molar-refractivity contribution in [3.63, 3.8) is 0 Å². The molecule has 6 nitrogen and oxygen atoms in total. The van der Waals surface area contributed by atoms with Gasteiger partial charge in [-0.25, -0.2) is 0 Å². The van der Waals surface area contributed by atoms with Crippen LogP contribution >= 0.6 is 0 Å². The van der Waals surface area contributed by atoms with E-state index in [1.807, 2.05) is 42.3 Å². The summed E-state index contributed by atoms with van der Waals surface area (Å²) >= 11 is 0. The van der Waals surface area contributed by atoms with Crippen LogP contribution < -0.4 is 0 Å². The number of nitrogens with zero attached hydrogens (tertiary/aromatic N) is 3. The smallest absolute Gasteiger partial charge is 0.241 e. The van der Waals surface area contributed by atoms with E-state index in [2.05, 4.69) is 4.98 Å². The molecule has 1 aromatic heterocycles. The van der Waals surface area contributed by atoms with Crippen LogP contribution in [0, 0.1) is 0 Å². The quantitative estimate of drug-likeness (QED) is 0.673. The molecule has 162 valence electrons. The van der Waals surface area contributed by atoms with Crippen LogP contribution in [0.3, 0.4) is 0 Å². The van der Waals surface area contributed by atoms with E-state index in [0.29, 0.717) is 0 Å². The SMILES string of the molecule is CN(C(=O)CC1(c2ccccc2)CC(=O)N(Cc2ccncc2)C1=O)C1CCCCC1. The summed E-state index contributed by atoms with van der Waals surface area (Å²) in [5.74, 6) is -0.590. The first kappa shape index (κ1) is 21.2. The lowest BCUT2D eigenvalue weighted by molar-refractivity contribution is -0.143. The molecule has 1 atom stereocenters. The lowest BCUT2D eigenvalue weighted by Crippen LogP contribution is -2.45. The highest BCUT2D eigenvalue weighted by Crippen LogP contribution is 2.41. The molecule has 2 aromatic rings. The molecule has 2 heterocycles. The second-order valence-corrected chi connectivity index (χ2v) is 8.74. The minimum atomic E-state index is -1.15. The Balaban J connectivity index is 1.62. The molecule has 3 amide bonds. The predicted octanol–water partition coefficient (Wildman–Crippen LogP) is 3.46. The van der Waals surface area contributed by atoms with Gasteiger partial charge < -0.3 is 4.90 Å². The van der Waals surface area contributed by atoms with Gasteiger partial charge in [0.1, 0.15) is 0 Å². The van der Waals surface area contributed by atoms with Crippen molar-refractivity contribution in [2.45, 2.75) is 62.9 Å². The fraction of sp³-hybridized carbons (Fsp3) is 0.440. The molecule has 6 heteroatoms. The van der Waals surface area contributed by atoms with Gasteiger partial charge >= 0.3 is 0 Å². The van der Waals surface area contributed by atoms with Gasteiger partial charge in [-0.15, -0.1) is 0 Å². The normalized spacial score (nSPS) is 22.0. The summed E-state index contributed by atoms with van der Waals surface area (Å²) in [4.78, 5) is 47.1. The second-order valence-electron chi connectivity index (χ2n) is 8.74. The third kappa shape index (κ3) is 4.24. The molecular formula is C25H29N3O3. The van der Waals surface area contributed by atoms with Crippen LogP contribution in [0.2, 0.25) is 0 Å². The van der Waals surface area contributed by atoms with Crippen molar-refractivity contribution in [2.24, 2.45) is 0 Å². The van der Waals surface area contributed by atoms with Crippen LogP contribution in [0.4, 0.5) is 0 Å². The number of hydrogen-bond donors (Lipinski definition) is 0. The number of aromatic nitrogens is 1. The van der Waals surface area contributed by atoms with E-state index in [9.17, 15) is 14.4 Å². The van der Waals surface area contributed by atoms with Gasteiger partial charge in [-0.05, 0) is 36.1 Å². The van der Waals surface area contributed by atoms with Crippen molar-refractivity contribution in [1.82, 2.24) is 14.8 Å². The largest absolute Gasteiger partial charge is 0.343 e. The van der Waals surface area contributed by atoms with Gasteiger partial charge in [-0.3, -0.25) is 24.3 Å². The standard InChI is InChI=1S/C25H29N3O3/c1-27(21-10-6-3-7-11-21)22(29)16-25(20-8-4-2-5-9-20)17-23(30)28(24(25)31)18-19-12-14-26-15-13-19/h2,4-5,8-9,12-15,21H,3,6-7,10-11,16-18H2,1H3. The predicted molar refractivity (Wildman–Crippen MR) is 117 cm³/mol. The summed E-state index contributed by atoms with van der Waals surface area (Å²) in [6.07, 6.45) is 8.80. The van der Waals surface area contributed by atoms with Crippen molar-refractivity contribution in [2.75, 3.05) is 7.05 Å². The molecule has 2 fully saturated rings. The first-order chi connectivity index (χ1) is 15.0. The van der Waals surface area contributed by atoms with Crippen LogP contribution in [-0.2, 0) is 26.3 Å². The highest BCUT2D eigenvalue weighted by atomic mass is 16.2. The van der Waals surface area contributed by atoms with Gasteiger partial charge in [0.2, 0.25) is 17.7 Å². The Morgan fingerprint density at radius 2 is 1.74 bits per heavy atom. The highest BCUT2D eigenvalue weighted by molar-refractivity contribution is 6.10. The summed E-state index contributed by atoms with van der Waals surface area (Å²) < 4.78 is 0. The zero-order valence-electron chi connectivity index (χ0n) is 18.0. The number of likely N-dealkylation sites (tertiary alicyclic amines) is 1. The summed E-state index contributed by atoms with van der Waals surface area (Å²) in [5.41, 5.74) is 0.424. The van der Waals surface area contributed by atoms with E-state index >= 15 is 0 Å². The first-order valence-corrected chi connectivity index (χ1v) is 11.1. The Hall–Kier alpha value is -3.02. The van der Waals surface area contributed by atoms with Crippen LogP contribution in [0.5, 0.6) is 0 Å². The van der Waals surface area contributed by atoms with Crippen molar-refractivity contribution in [3.05, 3.63) is 66.0 Å². The number of carbonyl (C=O) groups is 3. The number of carbonyl (C=O) groups excluding carboxylic acids is 3. The Bertz CT molecular complexity index is 941. The molecule has 2 aliphatic rings. The molecule has 0 N–H and O–H groups in total. The van der Waals surface area contributed by atoms with E-state index in [-0.39, 0.29) is 43.1 Å². The molecule has 1 saturated heterocycles. The molecule has 1 unspecified atom stereocenters. The fourth-order valence-corrected chi connectivity index (χ4v) is 4.91. The lowest BCUT2D eigenvalue weighted by Gasteiger charge is -2.34. The Kier molecular flexibility index (Phi) is 6.16. The Morgan fingerprint density at radius 1 is 1.06 bits per heavy atom.